The fraction of sp³-hybridized carbons (Fsp3) is 0.158. The van der Waals surface area contributed by atoms with Crippen molar-refractivity contribution in [2.45, 2.75) is 18.5 Å². The predicted octanol–water partition coefficient (Wildman–Crippen LogP) is 4.07. The highest BCUT2D eigenvalue weighted by atomic mass is 19.4. The first kappa shape index (κ1) is 17.1. The number of aromatic hydroxyl groups is 1. The second-order valence-corrected chi connectivity index (χ2v) is 6.26. The first-order valence-corrected chi connectivity index (χ1v) is 8.17. The molecule has 5 nitrogen and oxygen atoms in total. The van der Waals surface area contributed by atoms with E-state index in [0.29, 0.717) is 5.69 Å². The zero-order valence-corrected chi connectivity index (χ0v) is 13.9. The minimum Gasteiger partial charge on any atom is -0.508 e. The molecule has 0 bridgehead atoms. The molecule has 2 heterocycles. The van der Waals surface area contributed by atoms with Gasteiger partial charge in [0.2, 0.25) is 5.91 Å². The Morgan fingerprint density at radius 2 is 1.81 bits per heavy atom. The molecule has 4 rings (SSSR count). The lowest BCUT2D eigenvalue weighted by atomic mass is 9.90. The smallest absolute Gasteiger partial charge is 0.418 e. The zero-order valence-electron chi connectivity index (χ0n) is 13.9. The zero-order chi connectivity index (χ0) is 19.2. The SMILES string of the molecule is O=C1C[C@H](c2ccc(O)cc2)c2ncn(-c3ccccc3C(F)(F)F)c2N1. The van der Waals surface area contributed by atoms with Gasteiger partial charge in [0.25, 0.3) is 0 Å². The summed E-state index contributed by atoms with van der Waals surface area (Å²) < 4.78 is 41.4. The number of amides is 1. The van der Waals surface area contributed by atoms with E-state index < -0.39 is 17.7 Å². The van der Waals surface area contributed by atoms with Crippen molar-refractivity contribution in [1.29, 1.82) is 0 Å². The van der Waals surface area contributed by atoms with Crippen molar-refractivity contribution in [1.82, 2.24) is 9.55 Å². The van der Waals surface area contributed by atoms with Gasteiger partial charge in [-0.05, 0) is 29.8 Å². The number of rotatable bonds is 2. The summed E-state index contributed by atoms with van der Waals surface area (Å²) in [6, 6.07) is 11.5. The van der Waals surface area contributed by atoms with Crippen molar-refractivity contribution in [3.8, 4) is 11.4 Å². The van der Waals surface area contributed by atoms with E-state index in [0.717, 1.165) is 11.6 Å². The Morgan fingerprint density at radius 1 is 1.11 bits per heavy atom. The summed E-state index contributed by atoms with van der Waals surface area (Å²) in [6.07, 6.45) is -3.13. The third kappa shape index (κ3) is 3.03. The van der Waals surface area contributed by atoms with Crippen LogP contribution in [0, 0.1) is 0 Å². The fourth-order valence-corrected chi connectivity index (χ4v) is 3.30. The molecule has 0 aliphatic carbocycles. The number of phenolic OH excluding ortho intramolecular Hbond substituents is 1. The van der Waals surface area contributed by atoms with Crippen molar-refractivity contribution in [3.63, 3.8) is 0 Å². The molecule has 3 aromatic rings. The molecule has 1 aromatic heterocycles. The molecule has 1 amide bonds. The molecule has 8 heteroatoms. The van der Waals surface area contributed by atoms with Crippen LogP contribution in [0.5, 0.6) is 5.75 Å². The van der Waals surface area contributed by atoms with Crippen LogP contribution in [0.3, 0.4) is 0 Å². The lowest BCUT2D eigenvalue weighted by Gasteiger charge is -2.24. The van der Waals surface area contributed by atoms with Gasteiger partial charge in [0.1, 0.15) is 17.9 Å². The van der Waals surface area contributed by atoms with Crippen LogP contribution < -0.4 is 5.32 Å². The van der Waals surface area contributed by atoms with Crippen LogP contribution in [0.2, 0.25) is 0 Å². The van der Waals surface area contributed by atoms with Crippen LogP contribution in [0.4, 0.5) is 19.0 Å². The minimum atomic E-state index is -4.54. The number of para-hydroxylation sites is 1. The monoisotopic (exact) mass is 373 g/mol. The molecule has 1 aliphatic heterocycles. The Hall–Kier alpha value is -3.29. The van der Waals surface area contributed by atoms with Crippen LogP contribution in [0.1, 0.15) is 29.2 Å². The summed E-state index contributed by atoms with van der Waals surface area (Å²) in [4.78, 5) is 16.5. The van der Waals surface area contributed by atoms with Crippen molar-refractivity contribution >= 4 is 11.7 Å². The molecule has 2 aromatic carbocycles. The van der Waals surface area contributed by atoms with Gasteiger partial charge in [0.15, 0.2) is 0 Å². The number of phenols is 1. The first-order chi connectivity index (χ1) is 12.8. The van der Waals surface area contributed by atoms with E-state index in [1.54, 1.807) is 12.1 Å². The number of anilines is 1. The number of nitrogens with one attached hydrogen (secondary N) is 1. The van der Waals surface area contributed by atoms with Crippen molar-refractivity contribution in [2.75, 3.05) is 5.32 Å². The average molecular weight is 373 g/mol. The molecule has 138 valence electrons. The maximum atomic E-state index is 13.4. The highest BCUT2D eigenvalue weighted by Gasteiger charge is 2.36. The van der Waals surface area contributed by atoms with Gasteiger partial charge in [-0.1, -0.05) is 24.3 Å². The number of imidazole rings is 1. The molecule has 0 radical (unpaired) electrons. The number of hydrogen-bond donors (Lipinski definition) is 2. The number of alkyl halides is 3. The number of halogens is 3. The number of nitrogens with zero attached hydrogens (tertiary/aromatic N) is 2. The lowest BCUT2D eigenvalue weighted by molar-refractivity contribution is -0.137. The maximum Gasteiger partial charge on any atom is 0.418 e. The minimum absolute atomic E-state index is 0.0869. The molecule has 0 saturated carbocycles. The molecular formula is C19H14F3N3O2. The number of aromatic nitrogens is 2. The van der Waals surface area contributed by atoms with Crippen LogP contribution in [-0.4, -0.2) is 20.6 Å². The molecule has 27 heavy (non-hydrogen) atoms. The highest BCUT2D eigenvalue weighted by molar-refractivity contribution is 5.94. The Balaban J connectivity index is 1.85. The van der Waals surface area contributed by atoms with E-state index >= 15 is 0 Å². The summed E-state index contributed by atoms with van der Waals surface area (Å²) in [5.74, 6) is -0.412. The quantitative estimate of drug-likeness (QED) is 0.712. The van der Waals surface area contributed by atoms with E-state index in [9.17, 15) is 23.1 Å². The number of benzene rings is 2. The predicted molar refractivity (Wildman–Crippen MR) is 91.8 cm³/mol. The molecule has 1 aliphatic rings. The molecule has 2 N–H and O–H groups in total. The average Bonchev–Trinajstić information content (AvgIpc) is 3.04. The molecule has 1 atom stereocenters. The van der Waals surface area contributed by atoms with Crippen molar-refractivity contribution in [3.05, 3.63) is 71.7 Å². The molecule has 0 fully saturated rings. The van der Waals surface area contributed by atoms with E-state index in [2.05, 4.69) is 10.3 Å². The normalized spacial score (nSPS) is 16.7. The van der Waals surface area contributed by atoms with Gasteiger partial charge in [-0.25, -0.2) is 4.98 Å². The van der Waals surface area contributed by atoms with Gasteiger partial charge in [-0.3, -0.25) is 9.36 Å². The van der Waals surface area contributed by atoms with E-state index in [-0.39, 0.29) is 29.6 Å². The van der Waals surface area contributed by atoms with Gasteiger partial charge in [0.05, 0.1) is 16.9 Å². The molecular weight excluding hydrogens is 359 g/mol. The Kier molecular flexibility index (Phi) is 3.91. The van der Waals surface area contributed by atoms with Crippen LogP contribution in [0.15, 0.2) is 54.9 Å². The highest BCUT2D eigenvalue weighted by Crippen LogP contribution is 2.40. The van der Waals surface area contributed by atoms with Gasteiger partial charge < -0.3 is 10.4 Å². The Labute approximate surface area is 152 Å². The van der Waals surface area contributed by atoms with Gasteiger partial charge in [0, 0.05) is 12.3 Å². The van der Waals surface area contributed by atoms with E-state index in [1.165, 1.54) is 41.2 Å². The van der Waals surface area contributed by atoms with Gasteiger partial charge in [-0.15, -0.1) is 0 Å². The van der Waals surface area contributed by atoms with Gasteiger partial charge >= 0.3 is 6.18 Å². The topological polar surface area (TPSA) is 67.1 Å². The summed E-state index contributed by atoms with van der Waals surface area (Å²) in [5.41, 5.74) is 0.312. The summed E-state index contributed by atoms with van der Waals surface area (Å²) in [5, 5.41) is 12.1. The number of fused-ring (bicyclic) bond motifs is 1. The second-order valence-electron chi connectivity index (χ2n) is 6.26. The van der Waals surface area contributed by atoms with Crippen LogP contribution in [0.25, 0.3) is 5.69 Å². The largest absolute Gasteiger partial charge is 0.508 e. The Morgan fingerprint density at radius 3 is 2.52 bits per heavy atom. The van der Waals surface area contributed by atoms with Crippen molar-refractivity contribution in [2.24, 2.45) is 0 Å². The van der Waals surface area contributed by atoms with E-state index in [4.69, 9.17) is 0 Å². The number of carbonyl (C=O) groups excluding carboxylic acids is 1. The third-order valence-electron chi connectivity index (χ3n) is 4.54. The Bertz CT molecular complexity index is 1010. The fourth-order valence-electron chi connectivity index (χ4n) is 3.30. The third-order valence-corrected chi connectivity index (χ3v) is 4.54. The molecule has 0 unspecified atom stereocenters. The maximum absolute atomic E-state index is 13.4. The van der Waals surface area contributed by atoms with Gasteiger partial charge in [-0.2, -0.15) is 13.2 Å². The second kappa shape index (κ2) is 6.15. The summed E-state index contributed by atoms with van der Waals surface area (Å²) >= 11 is 0. The van der Waals surface area contributed by atoms with E-state index in [1.807, 2.05) is 0 Å². The number of carbonyl (C=O) groups is 1. The first-order valence-electron chi connectivity index (χ1n) is 8.17. The van der Waals surface area contributed by atoms with Crippen LogP contribution in [-0.2, 0) is 11.0 Å². The summed E-state index contributed by atoms with van der Waals surface area (Å²) in [6.45, 7) is 0. The summed E-state index contributed by atoms with van der Waals surface area (Å²) in [7, 11) is 0. The number of hydrogen-bond acceptors (Lipinski definition) is 3. The standard InChI is InChI=1S/C19H14F3N3O2/c20-19(21,22)14-3-1-2-4-15(14)25-10-23-17-13(9-16(27)24-18(17)25)11-5-7-12(26)8-6-11/h1-8,10,13,26H,9H2,(H,24,27)/t13-/m1/s1. The molecule has 0 saturated heterocycles. The van der Waals surface area contributed by atoms with Crippen molar-refractivity contribution < 1.29 is 23.1 Å². The lowest BCUT2D eigenvalue weighted by Crippen LogP contribution is -2.25. The molecule has 0 spiro atoms. The van der Waals surface area contributed by atoms with Crippen LogP contribution >= 0.6 is 0 Å².